The SMILES string of the molecule is Fc1cccc(C2CC(Nc3ccc(Br)c(Cl)c3)C2)c1. The first kappa shape index (κ1) is 13.9. The second-order valence-electron chi connectivity index (χ2n) is 5.19. The Morgan fingerprint density at radius 3 is 2.65 bits per heavy atom. The fraction of sp³-hybridized carbons (Fsp3) is 0.250. The van der Waals surface area contributed by atoms with Crippen molar-refractivity contribution in [3.63, 3.8) is 0 Å². The van der Waals surface area contributed by atoms with Gasteiger partial charge in [-0.05, 0) is 70.6 Å². The van der Waals surface area contributed by atoms with Gasteiger partial charge in [-0.15, -0.1) is 0 Å². The maximum absolute atomic E-state index is 13.2. The highest BCUT2D eigenvalue weighted by Gasteiger charge is 2.30. The van der Waals surface area contributed by atoms with E-state index in [1.54, 1.807) is 12.1 Å². The molecule has 0 amide bonds. The maximum atomic E-state index is 13.2. The number of anilines is 1. The van der Waals surface area contributed by atoms with Crippen LogP contribution in [0, 0.1) is 5.82 Å². The standard InChI is InChI=1S/C16H14BrClFN/c17-15-5-4-13(9-16(15)18)20-14-7-11(8-14)10-2-1-3-12(19)6-10/h1-6,9,11,14,20H,7-8H2. The molecule has 0 heterocycles. The van der Waals surface area contributed by atoms with E-state index in [0.717, 1.165) is 28.6 Å². The number of rotatable bonds is 3. The number of halogens is 3. The molecule has 0 spiro atoms. The van der Waals surface area contributed by atoms with Crippen LogP contribution in [0.5, 0.6) is 0 Å². The van der Waals surface area contributed by atoms with E-state index >= 15 is 0 Å². The van der Waals surface area contributed by atoms with Gasteiger partial charge in [-0.3, -0.25) is 0 Å². The van der Waals surface area contributed by atoms with E-state index in [0.29, 0.717) is 17.0 Å². The van der Waals surface area contributed by atoms with Crippen LogP contribution in [0.2, 0.25) is 5.02 Å². The van der Waals surface area contributed by atoms with Crippen LogP contribution in [0.15, 0.2) is 46.9 Å². The van der Waals surface area contributed by atoms with Crippen LogP contribution in [-0.2, 0) is 0 Å². The predicted octanol–water partition coefficient (Wildman–Crippen LogP) is 5.60. The maximum Gasteiger partial charge on any atom is 0.123 e. The molecule has 1 aliphatic carbocycles. The summed E-state index contributed by atoms with van der Waals surface area (Å²) in [6.07, 6.45) is 2.05. The van der Waals surface area contributed by atoms with Crippen molar-refractivity contribution in [1.82, 2.24) is 0 Å². The highest BCUT2D eigenvalue weighted by Crippen LogP contribution is 2.39. The normalized spacial score (nSPS) is 21.4. The van der Waals surface area contributed by atoms with E-state index in [4.69, 9.17) is 11.6 Å². The molecule has 2 aromatic rings. The van der Waals surface area contributed by atoms with Crippen LogP contribution < -0.4 is 5.32 Å². The lowest BCUT2D eigenvalue weighted by molar-refractivity contribution is 0.373. The second kappa shape index (κ2) is 5.74. The Bertz CT molecular complexity index is 626. The molecule has 20 heavy (non-hydrogen) atoms. The topological polar surface area (TPSA) is 12.0 Å². The van der Waals surface area contributed by atoms with Gasteiger partial charge < -0.3 is 5.32 Å². The Morgan fingerprint density at radius 1 is 1.15 bits per heavy atom. The van der Waals surface area contributed by atoms with Crippen LogP contribution in [0.3, 0.4) is 0 Å². The Kier molecular flexibility index (Phi) is 3.99. The minimum Gasteiger partial charge on any atom is -0.382 e. The third-order valence-electron chi connectivity index (χ3n) is 3.75. The first-order valence-corrected chi connectivity index (χ1v) is 7.76. The third kappa shape index (κ3) is 2.99. The monoisotopic (exact) mass is 353 g/mol. The number of hydrogen-bond donors (Lipinski definition) is 1. The molecule has 0 unspecified atom stereocenters. The first-order valence-electron chi connectivity index (χ1n) is 6.59. The van der Waals surface area contributed by atoms with Crippen LogP contribution in [-0.4, -0.2) is 6.04 Å². The summed E-state index contributed by atoms with van der Waals surface area (Å²) < 4.78 is 14.1. The molecule has 0 atom stereocenters. The van der Waals surface area contributed by atoms with Crippen LogP contribution in [0.4, 0.5) is 10.1 Å². The van der Waals surface area contributed by atoms with E-state index in [9.17, 15) is 4.39 Å². The summed E-state index contributed by atoms with van der Waals surface area (Å²) in [5, 5.41) is 4.17. The average Bonchev–Trinajstić information content (AvgIpc) is 2.37. The van der Waals surface area contributed by atoms with Gasteiger partial charge >= 0.3 is 0 Å². The Labute approximate surface area is 131 Å². The van der Waals surface area contributed by atoms with Crippen molar-refractivity contribution in [2.45, 2.75) is 24.8 Å². The number of hydrogen-bond acceptors (Lipinski definition) is 1. The quantitative estimate of drug-likeness (QED) is 0.756. The summed E-state index contributed by atoms with van der Waals surface area (Å²) in [5.41, 5.74) is 2.12. The largest absolute Gasteiger partial charge is 0.382 e. The molecule has 1 saturated carbocycles. The predicted molar refractivity (Wildman–Crippen MR) is 84.9 cm³/mol. The average molecular weight is 355 g/mol. The molecule has 0 saturated heterocycles. The molecule has 0 radical (unpaired) electrons. The van der Waals surface area contributed by atoms with E-state index in [1.165, 1.54) is 6.07 Å². The zero-order valence-electron chi connectivity index (χ0n) is 10.7. The van der Waals surface area contributed by atoms with Crippen molar-refractivity contribution < 1.29 is 4.39 Å². The summed E-state index contributed by atoms with van der Waals surface area (Å²) >= 11 is 9.45. The van der Waals surface area contributed by atoms with E-state index in [-0.39, 0.29) is 5.82 Å². The molecule has 1 aliphatic rings. The molecule has 1 nitrogen and oxygen atoms in total. The zero-order chi connectivity index (χ0) is 14.1. The summed E-state index contributed by atoms with van der Waals surface area (Å²) in [4.78, 5) is 0. The smallest absolute Gasteiger partial charge is 0.123 e. The summed E-state index contributed by atoms with van der Waals surface area (Å²) in [7, 11) is 0. The lowest BCUT2D eigenvalue weighted by Gasteiger charge is -2.37. The number of benzene rings is 2. The molecule has 4 heteroatoms. The van der Waals surface area contributed by atoms with E-state index < -0.39 is 0 Å². The van der Waals surface area contributed by atoms with Gasteiger partial charge in [0.25, 0.3) is 0 Å². The van der Waals surface area contributed by atoms with Crippen molar-refractivity contribution in [2.75, 3.05) is 5.32 Å². The first-order chi connectivity index (χ1) is 9.61. The van der Waals surface area contributed by atoms with Gasteiger partial charge in [0, 0.05) is 16.2 Å². The molecule has 0 aliphatic heterocycles. The Hall–Kier alpha value is -1.06. The van der Waals surface area contributed by atoms with Crippen molar-refractivity contribution in [2.24, 2.45) is 0 Å². The van der Waals surface area contributed by atoms with Gasteiger partial charge in [-0.1, -0.05) is 23.7 Å². The van der Waals surface area contributed by atoms with Crippen molar-refractivity contribution in [1.29, 1.82) is 0 Å². The van der Waals surface area contributed by atoms with Gasteiger partial charge in [-0.25, -0.2) is 4.39 Å². The molecular weight excluding hydrogens is 341 g/mol. The van der Waals surface area contributed by atoms with E-state index in [1.807, 2.05) is 24.3 Å². The summed E-state index contributed by atoms with van der Waals surface area (Å²) in [6, 6.07) is 13.2. The van der Waals surface area contributed by atoms with Crippen LogP contribution in [0.1, 0.15) is 24.3 Å². The zero-order valence-corrected chi connectivity index (χ0v) is 13.1. The minimum atomic E-state index is -0.154. The molecular formula is C16H14BrClFN. The number of nitrogens with one attached hydrogen (secondary N) is 1. The van der Waals surface area contributed by atoms with Crippen LogP contribution >= 0.6 is 27.5 Å². The second-order valence-corrected chi connectivity index (χ2v) is 6.46. The summed E-state index contributed by atoms with van der Waals surface area (Å²) in [5.74, 6) is 0.299. The molecule has 104 valence electrons. The fourth-order valence-electron chi connectivity index (χ4n) is 2.59. The lowest BCUT2D eigenvalue weighted by Crippen LogP contribution is -2.34. The van der Waals surface area contributed by atoms with Gasteiger partial charge in [0.2, 0.25) is 0 Å². The molecule has 1 fully saturated rings. The van der Waals surface area contributed by atoms with Crippen molar-refractivity contribution in [3.8, 4) is 0 Å². The van der Waals surface area contributed by atoms with Crippen molar-refractivity contribution in [3.05, 3.63) is 63.3 Å². The summed E-state index contributed by atoms with van der Waals surface area (Å²) in [6.45, 7) is 0. The Morgan fingerprint density at radius 2 is 1.95 bits per heavy atom. The molecule has 1 N–H and O–H groups in total. The van der Waals surface area contributed by atoms with Crippen molar-refractivity contribution >= 4 is 33.2 Å². The molecule has 0 bridgehead atoms. The van der Waals surface area contributed by atoms with Gasteiger partial charge in [0.15, 0.2) is 0 Å². The van der Waals surface area contributed by atoms with Gasteiger partial charge in [-0.2, -0.15) is 0 Å². The van der Waals surface area contributed by atoms with Gasteiger partial charge in [0.05, 0.1) is 5.02 Å². The van der Waals surface area contributed by atoms with Gasteiger partial charge in [0.1, 0.15) is 5.82 Å². The fourth-order valence-corrected chi connectivity index (χ4v) is 3.02. The highest BCUT2D eigenvalue weighted by atomic mass is 79.9. The lowest BCUT2D eigenvalue weighted by atomic mass is 9.76. The molecule has 3 rings (SSSR count). The van der Waals surface area contributed by atoms with E-state index in [2.05, 4.69) is 21.2 Å². The Balaban J connectivity index is 1.59. The highest BCUT2D eigenvalue weighted by molar-refractivity contribution is 9.10. The molecule has 0 aromatic heterocycles. The third-order valence-corrected chi connectivity index (χ3v) is 4.98. The minimum absolute atomic E-state index is 0.154. The molecule has 2 aromatic carbocycles. The van der Waals surface area contributed by atoms with Crippen LogP contribution in [0.25, 0.3) is 0 Å².